The van der Waals surface area contributed by atoms with Crippen LogP contribution in [0.25, 0.3) is 0 Å². The summed E-state index contributed by atoms with van der Waals surface area (Å²) < 4.78 is 12.1. The molecule has 1 unspecified atom stereocenters. The molecule has 1 atom stereocenters. The second-order valence-electron chi connectivity index (χ2n) is 10.1. The Kier molecular flexibility index (Phi) is 10.7. The Hall–Kier alpha value is -1.26. The van der Waals surface area contributed by atoms with Gasteiger partial charge in [0, 0.05) is 13.0 Å². The fourth-order valence-electron chi connectivity index (χ4n) is 3.95. The summed E-state index contributed by atoms with van der Waals surface area (Å²) in [6.07, 6.45) is 10.4. The van der Waals surface area contributed by atoms with E-state index in [1.165, 1.54) is 0 Å². The van der Waals surface area contributed by atoms with Crippen molar-refractivity contribution < 1.29 is 19.1 Å². The first-order valence-corrected chi connectivity index (χ1v) is 12.3. The Morgan fingerprint density at radius 3 is 1.87 bits per heavy atom. The summed E-state index contributed by atoms with van der Waals surface area (Å²) in [7, 11) is 0. The first kappa shape index (κ1) is 26.8. The number of nitrogens with zero attached hydrogens (tertiary/aromatic N) is 1. The van der Waals surface area contributed by atoms with E-state index >= 15 is 0 Å². The molecular formula is C25H47NO4. The first-order valence-electron chi connectivity index (χ1n) is 12.3. The number of amides is 1. The summed E-state index contributed by atoms with van der Waals surface area (Å²) in [5.74, 6) is -0.189. The van der Waals surface area contributed by atoms with Crippen LogP contribution in [0.5, 0.6) is 0 Å². The molecule has 5 heteroatoms. The quantitative estimate of drug-likeness (QED) is 0.302. The monoisotopic (exact) mass is 425 g/mol. The van der Waals surface area contributed by atoms with Crippen molar-refractivity contribution in [1.29, 1.82) is 0 Å². The van der Waals surface area contributed by atoms with Gasteiger partial charge in [-0.05, 0) is 65.7 Å². The average molecular weight is 426 g/mol. The lowest BCUT2D eigenvalue weighted by Gasteiger charge is -2.36. The van der Waals surface area contributed by atoms with Gasteiger partial charge in [-0.2, -0.15) is 0 Å². The van der Waals surface area contributed by atoms with Crippen LogP contribution in [0.4, 0.5) is 4.79 Å². The molecule has 0 saturated carbocycles. The Morgan fingerprint density at radius 1 is 0.933 bits per heavy atom. The topological polar surface area (TPSA) is 55.8 Å². The molecule has 0 bridgehead atoms. The number of hydrogen-bond donors (Lipinski definition) is 0. The second-order valence-corrected chi connectivity index (χ2v) is 10.1. The Labute approximate surface area is 185 Å². The smallest absolute Gasteiger partial charge is 0.410 e. The molecule has 176 valence electrons. The Balaban J connectivity index is 2.84. The van der Waals surface area contributed by atoms with Crippen LogP contribution in [-0.2, 0) is 14.3 Å². The highest BCUT2D eigenvalue weighted by atomic mass is 16.6. The van der Waals surface area contributed by atoms with Crippen molar-refractivity contribution >= 4 is 12.1 Å². The van der Waals surface area contributed by atoms with E-state index in [-0.39, 0.29) is 17.7 Å². The summed E-state index contributed by atoms with van der Waals surface area (Å²) in [6.45, 7) is 15.3. The second kappa shape index (κ2) is 12.0. The van der Waals surface area contributed by atoms with Crippen molar-refractivity contribution in [3.8, 4) is 0 Å². The molecule has 30 heavy (non-hydrogen) atoms. The first-order chi connectivity index (χ1) is 14.1. The summed E-state index contributed by atoms with van der Waals surface area (Å²) in [5, 5.41) is 0. The maximum Gasteiger partial charge on any atom is 0.410 e. The maximum absolute atomic E-state index is 13.1. The van der Waals surface area contributed by atoms with Gasteiger partial charge < -0.3 is 14.4 Å². The standard InChI is InChI=1S/C25H47NO4/c1-8-12-15-25(16-13-9-2,17-14-10-3)30-22(28)26-19-18-24(7,20-26)29-21(27)23(5,6)11-4/h8-20H2,1-7H3. The number of unbranched alkanes of at least 4 members (excludes halogenated alkanes) is 3. The zero-order valence-electron chi connectivity index (χ0n) is 20.8. The maximum atomic E-state index is 13.1. The fraction of sp³-hybridized carbons (Fsp3) is 0.920. The van der Waals surface area contributed by atoms with Crippen LogP contribution in [-0.4, -0.2) is 41.3 Å². The zero-order chi connectivity index (χ0) is 22.8. The number of rotatable bonds is 13. The van der Waals surface area contributed by atoms with E-state index in [0.29, 0.717) is 19.5 Å². The summed E-state index contributed by atoms with van der Waals surface area (Å²) >= 11 is 0. The van der Waals surface area contributed by atoms with Crippen LogP contribution in [0.3, 0.4) is 0 Å². The minimum absolute atomic E-state index is 0.189. The van der Waals surface area contributed by atoms with Crippen molar-refractivity contribution in [1.82, 2.24) is 4.90 Å². The lowest BCUT2D eigenvalue weighted by atomic mass is 9.86. The van der Waals surface area contributed by atoms with Crippen LogP contribution in [0, 0.1) is 5.41 Å². The van der Waals surface area contributed by atoms with Gasteiger partial charge in [-0.3, -0.25) is 4.79 Å². The molecule has 0 N–H and O–H groups in total. The molecular weight excluding hydrogens is 378 g/mol. The summed E-state index contributed by atoms with van der Waals surface area (Å²) in [4.78, 5) is 27.4. The molecule has 1 aliphatic rings. The van der Waals surface area contributed by atoms with Gasteiger partial charge in [0.05, 0.1) is 12.0 Å². The van der Waals surface area contributed by atoms with E-state index in [9.17, 15) is 9.59 Å². The third-order valence-electron chi connectivity index (χ3n) is 6.73. The molecule has 1 amide bonds. The predicted octanol–water partition coefficient (Wildman–Crippen LogP) is 6.88. The molecule has 1 saturated heterocycles. The summed E-state index contributed by atoms with van der Waals surface area (Å²) in [5.41, 5.74) is -1.51. The molecule has 0 spiro atoms. The predicted molar refractivity (Wildman–Crippen MR) is 123 cm³/mol. The number of carbonyl (C=O) groups is 2. The van der Waals surface area contributed by atoms with Crippen molar-refractivity contribution in [3.63, 3.8) is 0 Å². The molecule has 1 aliphatic heterocycles. The Bertz CT molecular complexity index is 523. The van der Waals surface area contributed by atoms with E-state index in [0.717, 1.165) is 64.2 Å². The van der Waals surface area contributed by atoms with Crippen LogP contribution in [0.1, 0.15) is 119 Å². The molecule has 1 heterocycles. The van der Waals surface area contributed by atoms with Crippen molar-refractivity contribution in [2.75, 3.05) is 13.1 Å². The Morgan fingerprint density at radius 2 is 1.43 bits per heavy atom. The molecule has 0 aromatic heterocycles. The highest BCUT2D eigenvalue weighted by molar-refractivity contribution is 5.76. The molecule has 1 rings (SSSR count). The van der Waals surface area contributed by atoms with E-state index in [4.69, 9.17) is 9.47 Å². The minimum atomic E-state index is -0.637. The van der Waals surface area contributed by atoms with Gasteiger partial charge in [-0.15, -0.1) is 0 Å². The van der Waals surface area contributed by atoms with E-state index < -0.39 is 11.0 Å². The number of carbonyl (C=O) groups excluding carboxylic acids is 2. The lowest BCUT2D eigenvalue weighted by Crippen LogP contribution is -2.44. The number of hydrogen-bond acceptors (Lipinski definition) is 4. The highest BCUT2D eigenvalue weighted by Gasteiger charge is 2.44. The number of likely N-dealkylation sites (tertiary alicyclic amines) is 1. The minimum Gasteiger partial charge on any atom is -0.457 e. The molecule has 0 aromatic rings. The molecule has 1 fully saturated rings. The van der Waals surface area contributed by atoms with Gasteiger partial charge in [-0.1, -0.05) is 47.0 Å². The normalized spacial score (nSPS) is 19.8. The van der Waals surface area contributed by atoms with Crippen LogP contribution < -0.4 is 0 Å². The van der Waals surface area contributed by atoms with Gasteiger partial charge in [0.1, 0.15) is 11.2 Å². The van der Waals surface area contributed by atoms with E-state index in [1.807, 2.05) is 27.7 Å². The van der Waals surface area contributed by atoms with Crippen LogP contribution in [0.2, 0.25) is 0 Å². The highest BCUT2D eigenvalue weighted by Crippen LogP contribution is 2.35. The average Bonchev–Trinajstić information content (AvgIpc) is 3.10. The van der Waals surface area contributed by atoms with E-state index in [2.05, 4.69) is 20.8 Å². The van der Waals surface area contributed by atoms with Gasteiger partial charge in [0.2, 0.25) is 0 Å². The van der Waals surface area contributed by atoms with Crippen molar-refractivity contribution in [2.24, 2.45) is 5.41 Å². The molecule has 0 aliphatic carbocycles. The molecule has 0 aromatic carbocycles. The third kappa shape index (κ3) is 7.77. The van der Waals surface area contributed by atoms with Crippen molar-refractivity contribution in [3.05, 3.63) is 0 Å². The van der Waals surface area contributed by atoms with Crippen LogP contribution in [0.15, 0.2) is 0 Å². The number of esters is 1. The summed E-state index contributed by atoms with van der Waals surface area (Å²) in [6, 6.07) is 0. The van der Waals surface area contributed by atoms with E-state index in [1.54, 1.807) is 4.90 Å². The van der Waals surface area contributed by atoms with Gasteiger partial charge in [0.15, 0.2) is 0 Å². The largest absolute Gasteiger partial charge is 0.457 e. The van der Waals surface area contributed by atoms with Gasteiger partial charge in [-0.25, -0.2) is 4.79 Å². The fourth-order valence-corrected chi connectivity index (χ4v) is 3.95. The lowest BCUT2D eigenvalue weighted by molar-refractivity contribution is -0.167. The van der Waals surface area contributed by atoms with Gasteiger partial charge in [0.25, 0.3) is 0 Å². The molecule has 5 nitrogen and oxygen atoms in total. The van der Waals surface area contributed by atoms with Crippen molar-refractivity contribution in [2.45, 2.75) is 130 Å². The number of ether oxygens (including phenoxy) is 2. The SMILES string of the molecule is CCCCC(CCCC)(CCCC)OC(=O)N1CCC(C)(OC(=O)C(C)(C)CC)C1. The van der Waals surface area contributed by atoms with Gasteiger partial charge >= 0.3 is 12.1 Å². The van der Waals surface area contributed by atoms with Crippen LogP contribution >= 0.6 is 0 Å². The zero-order valence-corrected chi connectivity index (χ0v) is 20.8. The molecule has 0 radical (unpaired) electrons. The third-order valence-corrected chi connectivity index (χ3v) is 6.73.